The summed E-state index contributed by atoms with van der Waals surface area (Å²) in [5, 5.41) is 2.76. The summed E-state index contributed by atoms with van der Waals surface area (Å²) in [6.45, 7) is 3.44. The third-order valence-corrected chi connectivity index (χ3v) is 5.71. The number of hydrogen-bond donors (Lipinski definition) is 1. The molecule has 140 valence electrons. The van der Waals surface area contributed by atoms with E-state index in [1.807, 2.05) is 0 Å². The number of amides is 1. The molecule has 1 fully saturated rings. The average Bonchev–Trinajstić information content (AvgIpc) is 2.62. The van der Waals surface area contributed by atoms with E-state index in [0.29, 0.717) is 38.7 Å². The van der Waals surface area contributed by atoms with Crippen molar-refractivity contribution in [1.29, 1.82) is 0 Å². The smallest absolute Gasteiger partial charge is 0.255 e. The first-order valence-electron chi connectivity index (χ1n) is 7.96. The Bertz CT molecular complexity index is 701. The first kappa shape index (κ1) is 19.6. The predicted octanol–water partition coefficient (Wildman–Crippen LogP) is 0.481. The zero-order chi connectivity index (χ0) is 18.4. The van der Waals surface area contributed by atoms with Crippen LogP contribution in [-0.2, 0) is 19.5 Å². The molecule has 1 N–H and O–H groups in total. The van der Waals surface area contributed by atoms with Gasteiger partial charge in [0.15, 0.2) is 0 Å². The van der Waals surface area contributed by atoms with Gasteiger partial charge in [-0.2, -0.15) is 4.31 Å². The number of rotatable bonds is 7. The number of carbonyl (C=O) groups is 1. The molecule has 1 amide bonds. The van der Waals surface area contributed by atoms with Gasteiger partial charge in [-0.3, -0.25) is 4.79 Å². The van der Waals surface area contributed by atoms with Crippen LogP contribution in [0.1, 0.15) is 17.3 Å². The molecule has 0 aliphatic carbocycles. The van der Waals surface area contributed by atoms with Crippen molar-refractivity contribution in [1.82, 2.24) is 9.62 Å². The van der Waals surface area contributed by atoms with Crippen molar-refractivity contribution in [2.75, 3.05) is 47.1 Å². The molecule has 0 bridgehead atoms. The number of nitrogens with one attached hydrogen (secondary N) is 1. The fourth-order valence-corrected chi connectivity index (χ4v) is 3.99. The number of ether oxygens (including phenoxy) is 3. The van der Waals surface area contributed by atoms with Crippen molar-refractivity contribution in [3.05, 3.63) is 23.8 Å². The number of benzene rings is 1. The molecule has 25 heavy (non-hydrogen) atoms. The van der Waals surface area contributed by atoms with Gasteiger partial charge in [0, 0.05) is 26.2 Å². The molecule has 1 aliphatic rings. The molecule has 0 aromatic heterocycles. The average molecular weight is 372 g/mol. The number of hydrogen-bond acceptors (Lipinski definition) is 6. The minimum absolute atomic E-state index is 0.0553. The Balaban J connectivity index is 2.31. The van der Waals surface area contributed by atoms with Crippen molar-refractivity contribution >= 4 is 15.9 Å². The van der Waals surface area contributed by atoms with Crippen LogP contribution >= 0.6 is 0 Å². The van der Waals surface area contributed by atoms with E-state index in [4.69, 9.17) is 14.2 Å². The zero-order valence-electron chi connectivity index (χ0n) is 14.6. The summed E-state index contributed by atoms with van der Waals surface area (Å²) >= 11 is 0. The van der Waals surface area contributed by atoms with Gasteiger partial charge in [0.25, 0.3) is 5.91 Å². The number of morpholine rings is 1. The van der Waals surface area contributed by atoms with Crippen LogP contribution < -0.4 is 10.1 Å². The van der Waals surface area contributed by atoms with Crippen molar-refractivity contribution in [2.24, 2.45) is 0 Å². The van der Waals surface area contributed by atoms with E-state index < -0.39 is 15.9 Å². The zero-order valence-corrected chi connectivity index (χ0v) is 15.5. The van der Waals surface area contributed by atoms with Crippen molar-refractivity contribution in [2.45, 2.75) is 17.9 Å². The third-order valence-electron chi connectivity index (χ3n) is 3.82. The number of sulfonamides is 1. The van der Waals surface area contributed by atoms with Crippen LogP contribution in [0.25, 0.3) is 0 Å². The van der Waals surface area contributed by atoms with Gasteiger partial charge in [0.1, 0.15) is 5.75 Å². The molecule has 1 heterocycles. The molecule has 0 radical (unpaired) electrons. The lowest BCUT2D eigenvalue weighted by molar-refractivity contribution is 0.0730. The van der Waals surface area contributed by atoms with E-state index >= 15 is 0 Å². The molecule has 0 spiro atoms. The van der Waals surface area contributed by atoms with E-state index in [-0.39, 0.29) is 16.5 Å². The highest BCUT2D eigenvalue weighted by Gasteiger charge is 2.28. The van der Waals surface area contributed by atoms with Gasteiger partial charge in [0.05, 0.1) is 37.4 Å². The van der Waals surface area contributed by atoms with Gasteiger partial charge < -0.3 is 19.5 Å². The highest BCUT2D eigenvalue weighted by Crippen LogP contribution is 2.25. The molecule has 8 nitrogen and oxygen atoms in total. The Kier molecular flexibility index (Phi) is 6.77. The summed E-state index contributed by atoms with van der Waals surface area (Å²) in [4.78, 5) is 12.5. The molecule has 1 aromatic rings. The fourth-order valence-electron chi connectivity index (χ4n) is 2.55. The summed E-state index contributed by atoms with van der Waals surface area (Å²) < 4.78 is 42.3. The lowest BCUT2D eigenvalue weighted by Crippen LogP contribution is -2.40. The van der Waals surface area contributed by atoms with E-state index in [1.165, 1.54) is 29.6 Å². The Morgan fingerprint density at radius 3 is 2.60 bits per heavy atom. The highest BCUT2D eigenvalue weighted by molar-refractivity contribution is 7.89. The van der Waals surface area contributed by atoms with Crippen LogP contribution in [0.2, 0.25) is 0 Å². The van der Waals surface area contributed by atoms with Crippen LogP contribution in [-0.4, -0.2) is 71.8 Å². The molecule has 1 aromatic carbocycles. The Hall–Kier alpha value is -1.68. The van der Waals surface area contributed by atoms with Gasteiger partial charge in [-0.1, -0.05) is 0 Å². The normalized spacial score (nSPS) is 17.1. The number of nitrogens with zero attached hydrogens (tertiary/aromatic N) is 1. The maximum absolute atomic E-state index is 12.8. The largest absolute Gasteiger partial charge is 0.496 e. The summed E-state index contributed by atoms with van der Waals surface area (Å²) in [6.07, 6.45) is 0. The summed E-state index contributed by atoms with van der Waals surface area (Å²) in [5.41, 5.74) is 0.166. The van der Waals surface area contributed by atoms with Crippen LogP contribution in [0.5, 0.6) is 5.75 Å². The van der Waals surface area contributed by atoms with Crippen molar-refractivity contribution < 1.29 is 27.4 Å². The maximum atomic E-state index is 12.8. The van der Waals surface area contributed by atoms with Crippen LogP contribution in [0.15, 0.2) is 23.1 Å². The van der Waals surface area contributed by atoms with Gasteiger partial charge in [-0.05, 0) is 25.1 Å². The second-order valence-corrected chi connectivity index (χ2v) is 7.65. The summed E-state index contributed by atoms with van der Waals surface area (Å²) in [5.74, 6) is -0.108. The van der Waals surface area contributed by atoms with Gasteiger partial charge in [0.2, 0.25) is 10.0 Å². The lowest BCUT2D eigenvalue weighted by Gasteiger charge is -2.26. The topological polar surface area (TPSA) is 94.2 Å². The Morgan fingerprint density at radius 2 is 2.00 bits per heavy atom. The molecule has 1 saturated heterocycles. The molecule has 1 unspecified atom stereocenters. The highest BCUT2D eigenvalue weighted by atomic mass is 32.2. The minimum atomic E-state index is -3.69. The second kappa shape index (κ2) is 8.61. The molecular formula is C16H24N2O6S. The van der Waals surface area contributed by atoms with Crippen molar-refractivity contribution in [3.8, 4) is 5.75 Å². The van der Waals surface area contributed by atoms with E-state index in [1.54, 1.807) is 14.0 Å². The SMILES string of the molecule is COCC(C)NC(=O)c1cc(S(=O)(=O)N2CCOCC2)ccc1OC. The molecule has 9 heteroatoms. The Labute approximate surface area is 148 Å². The van der Waals surface area contributed by atoms with E-state index in [2.05, 4.69) is 5.32 Å². The molecular weight excluding hydrogens is 348 g/mol. The quantitative estimate of drug-likeness (QED) is 0.748. The maximum Gasteiger partial charge on any atom is 0.255 e. The van der Waals surface area contributed by atoms with Crippen LogP contribution in [0, 0.1) is 0 Å². The van der Waals surface area contributed by atoms with E-state index in [0.717, 1.165) is 0 Å². The molecule has 0 saturated carbocycles. The van der Waals surface area contributed by atoms with Gasteiger partial charge in [-0.15, -0.1) is 0 Å². The van der Waals surface area contributed by atoms with Crippen LogP contribution in [0.4, 0.5) is 0 Å². The van der Waals surface area contributed by atoms with Crippen LogP contribution in [0.3, 0.4) is 0 Å². The number of carbonyl (C=O) groups excluding carboxylic acids is 1. The Morgan fingerprint density at radius 1 is 1.32 bits per heavy atom. The minimum Gasteiger partial charge on any atom is -0.496 e. The second-order valence-electron chi connectivity index (χ2n) is 5.71. The molecule has 1 atom stereocenters. The van der Waals surface area contributed by atoms with E-state index in [9.17, 15) is 13.2 Å². The lowest BCUT2D eigenvalue weighted by atomic mass is 10.1. The predicted molar refractivity (Wildman–Crippen MR) is 91.4 cm³/mol. The third kappa shape index (κ3) is 4.69. The fraction of sp³-hybridized carbons (Fsp3) is 0.562. The number of methoxy groups -OCH3 is 2. The van der Waals surface area contributed by atoms with Crippen molar-refractivity contribution in [3.63, 3.8) is 0 Å². The molecule has 1 aliphatic heterocycles. The summed E-state index contributed by atoms with van der Waals surface area (Å²) in [6, 6.07) is 4.06. The monoisotopic (exact) mass is 372 g/mol. The first-order chi connectivity index (χ1) is 11.9. The van der Waals surface area contributed by atoms with Gasteiger partial charge >= 0.3 is 0 Å². The molecule has 2 rings (SSSR count). The standard InChI is InChI=1S/C16H24N2O6S/c1-12(11-22-2)17-16(19)14-10-13(4-5-15(14)23-3)25(20,21)18-6-8-24-9-7-18/h4-5,10,12H,6-9,11H2,1-3H3,(H,17,19). The van der Waals surface area contributed by atoms with Gasteiger partial charge in [-0.25, -0.2) is 8.42 Å². The summed E-state index contributed by atoms with van der Waals surface area (Å²) in [7, 11) is -0.717. The first-order valence-corrected chi connectivity index (χ1v) is 9.40.